The minimum Gasteiger partial charge on any atom is -0.381 e. The van der Waals surface area contributed by atoms with Crippen molar-refractivity contribution in [3.8, 4) is 0 Å². The van der Waals surface area contributed by atoms with Crippen LogP contribution in [0, 0.1) is 0 Å². The van der Waals surface area contributed by atoms with Gasteiger partial charge in [-0.05, 0) is 24.6 Å². The van der Waals surface area contributed by atoms with Gasteiger partial charge in [-0.2, -0.15) is 9.40 Å². The number of anilines is 1. The standard InChI is InChI=1S/C13H17BrN4O2S/c1-3-18-9-12(13(15)16-18)21(19,20)17(2)8-10-5-4-6-11(14)7-10/h4-7,9H,3,8H2,1-2H3,(H2,15,16). The van der Waals surface area contributed by atoms with Crippen LogP contribution in [0.25, 0.3) is 0 Å². The molecule has 0 aliphatic rings. The molecule has 0 atom stereocenters. The normalized spacial score (nSPS) is 12.0. The predicted octanol–water partition coefficient (Wildman–Crippen LogP) is 2.07. The summed E-state index contributed by atoms with van der Waals surface area (Å²) in [5.41, 5.74) is 6.60. The second-order valence-electron chi connectivity index (χ2n) is 4.63. The highest BCUT2D eigenvalue weighted by Gasteiger charge is 2.26. The van der Waals surface area contributed by atoms with E-state index in [0.29, 0.717) is 6.54 Å². The van der Waals surface area contributed by atoms with Crippen molar-refractivity contribution in [1.82, 2.24) is 14.1 Å². The zero-order valence-corrected chi connectivity index (χ0v) is 14.2. The number of hydrogen-bond acceptors (Lipinski definition) is 4. The van der Waals surface area contributed by atoms with Crippen molar-refractivity contribution < 1.29 is 8.42 Å². The minimum atomic E-state index is -3.66. The van der Waals surface area contributed by atoms with Crippen LogP contribution in [0.5, 0.6) is 0 Å². The van der Waals surface area contributed by atoms with Gasteiger partial charge >= 0.3 is 0 Å². The summed E-state index contributed by atoms with van der Waals surface area (Å²) >= 11 is 3.37. The van der Waals surface area contributed by atoms with Gasteiger partial charge in [0.2, 0.25) is 10.0 Å². The fourth-order valence-electron chi connectivity index (χ4n) is 1.92. The molecule has 6 nitrogen and oxygen atoms in total. The summed E-state index contributed by atoms with van der Waals surface area (Å²) in [6.07, 6.45) is 1.46. The lowest BCUT2D eigenvalue weighted by molar-refractivity contribution is 0.467. The fraction of sp³-hybridized carbons (Fsp3) is 0.308. The van der Waals surface area contributed by atoms with Gasteiger partial charge in [-0.25, -0.2) is 8.42 Å². The summed E-state index contributed by atoms with van der Waals surface area (Å²) in [7, 11) is -2.13. The van der Waals surface area contributed by atoms with Crippen LogP contribution < -0.4 is 5.73 Å². The molecule has 0 unspecified atom stereocenters. The van der Waals surface area contributed by atoms with Gasteiger partial charge in [0.05, 0.1) is 0 Å². The molecule has 0 aliphatic carbocycles. The van der Waals surface area contributed by atoms with E-state index in [9.17, 15) is 8.42 Å². The molecule has 0 amide bonds. The molecule has 21 heavy (non-hydrogen) atoms. The summed E-state index contributed by atoms with van der Waals surface area (Å²) in [5.74, 6) is 0.0259. The molecule has 114 valence electrons. The van der Waals surface area contributed by atoms with Gasteiger partial charge in [0.15, 0.2) is 5.82 Å². The van der Waals surface area contributed by atoms with Gasteiger partial charge in [0, 0.05) is 30.8 Å². The van der Waals surface area contributed by atoms with Crippen molar-refractivity contribution in [1.29, 1.82) is 0 Å². The van der Waals surface area contributed by atoms with Crippen LogP contribution in [-0.2, 0) is 23.1 Å². The Morgan fingerprint density at radius 3 is 2.71 bits per heavy atom. The third-order valence-corrected chi connectivity index (χ3v) is 5.37. The van der Waals surface area contributed by atoms with Gasteiger partial charge in [-0.3, -0.25) is 4.68 Å². The van der Waals surface area contributed by atoms with Crippen molar-refractivity contribution in [3.63, 3.8) is 0 Å². The van der Waals surface area contributed by atoms with Crippen molar-refractivity contribution in [2.45, 2.75) is 24.9 Å². The van der Waals surface area contributed by atoms with Crippen molar-refractivity contribution >= 4 is 31.8 Å². The average molecular weight is 373 g/mol. The Bertz CT molecular complexity index is 742. The number of benzene rings is 1. The topological polar surface area (TPSA) is 81.2 Å². The molecule has 0 aliphatic heterocycles. The number of rotatable bonds is 5. The monoisotopic (exact) mass is 372 g/mol. The highest BCUT2D eigenvalue weighted by Crippen LogP contribution is 2.22. The number of aromatic nitrogens is 2. The van der Waals surface area contributed by atoms with Gasteiger partial charge in [0.25, 0.3) is 0 Å². The van der Waals surface area contributed by atoms with Crippen molar-refractivity contribution in [2.24, 2.45) is 0 Å². The summed E-state index contributed by atoms with van der Waals surface area (Å²) in [5, 5.41) is 3.98. The quantitative estimate of drug-likeness (QED) is 0.870. The first-order valence-electron chi connectivity index (χ1n) is 6.38. The second-order valence-corrected chi connectivity index (χ2v) is 7.55. The maximum atomic E-state index is 12.6. The summed E-state index contributed by atoms with van der Waals surface area (Å²) < 4.78 is 28.8. The van der Waals surface area contributed by atoms with E-state index in [1.807, 2.05) is 31.2 Å². The van der Waals surface area contributed by atoms with Crippen LogP contribution in [-0.4, -0.2) is 29.6 Å². The summed E-state index contributed by atoms with van der Waals surface area (Å²) in [4.78, 5) is 0.0434. The first-order chi connectivity index (χ1) is 9.84. The number of nitrogen functional groups attached to an aromatic ring is 1. The summed E-state index contributed by atoms with van der Waals surface area (Å²) in [6, 6.07) is 7.51. The number of hydrogen-bond donors (Lipinski definition) is 1. The third kappa shape index (κ3) is 3.45. The Morgan fingerprint density at radius 1 is 1.43 bits per heavy atom. The van der Waals surface area contributed by atoms with Crippen LogP contribution in [0.1, 0.15) is 12.5 Å². The van der Waals surface area contributed by atoms with E-state index < -0.39 is 10.0 Å². The van der Waals surface area contributed by atoms with Gasteiger partial charge in [-0.15, -0.1) is 0 Å². The molecule has 0 fully saturated rings. The molecule has 1 heterocycles. The van der Waals surface area contributed by atoms with E-state index >= 15 is 0 Å². The molecule has 8 heteroatoms. The Labute approximate surface area is 132 Å². The smallest absolute Gasteiger partial charge is 0.248 e. The van der Waals surface area contributed by atoms with Gasteiger partial charge in [-0.1, -0.05) is 28.1 Å². The molecule has 0 saturated carbocycles. The number of halogens is 1. The summed E-state index contributed by atoms with van der Waals surface area (Å²) in [6.45, 7) is 2.70. The lowest BCUT2D eigenvalue weighted by atomic mass is 10.2. The fourth-order valence-corrected chi connectivity index (χ4v) is 3.59. The second kappa shape index (κ2) is 6.17. The van der Waals surface area contributed by atoms with E-state index in [-0.39, 0.29) is 17.3 Å². The molecule has 2 aromatic rings. The molecule has 2 N–H and O–H groups in total. The minimum absolute atomic E-state index is 0.0259. The van der Waals surface area contributed by atoms with Crippen LogP contribution in [0.4, 0.5) is 5.82 Å². The van der Waals surface area contributed by atoms with E-state index in [2.05, 4.69) is 21.0 Å². The van der Waals surface area contributed by atoms with Gasteiger partial charge in [0.1, 0.15) is 4.90 Å². The Kier molecular flexibility index (Phi) is 4.70. The van der Waals surface area contributed by atoms with Crippen LogP contribution in [0.15, 0.2) is 39.8 Å². The zero-order valence-electron chi connectivity index (χ0n) is 11.8. The van der Waals surface area contributed by atoms with Crippen molar-refractivity contribution in [2.75, 3.05) is 12.8 Å². The highest BCUT2D eigenvalue weighted by atomic mass is 79.9. The molecule has 0 bridgehead atoms. The lowest BCUT2D eigenvalue weighted by Gasteiger charge is -2.16. The number of sulfonamides is 1. The van der Waals surface area contributed by atoms with E-state index in [1.165, 1.54) is 22.2 Å². The average Bonchev–Trinajstić information content (AvgIpc) is 2.80. The molecule has 1 aromatic carbocycles. The molecule has 0 saturated heterocycles. The Hall–Kier alpha value is -1.38. The molecule has 1 aromatic heterocycles. The molecule has 2 rings (SSSR count). The third-order valence-electron chi connectivity index (χ3n) is 3.06. The van der Waals surface area contributed by atoms with E-state index in [4.69, 9.17) is 5.73 Å². The first-order valence-corrected chi connectivity index (χ1v) is 8.61. The molecule has 0 radical (unpaired) electrons. The maximum Gasteiger partial charge on any atom is 0.248 e. The Balaban J connectivity index is 2.28. The van der Waals surface area contributed by atoms with Crippen LogP contribution in [0.2, 0.25) is 0 Å². The van der Waals surface area contributed by atoms with Crippen LogP contribution in [0.3, 0.4) is 0 Å². The zero-order chi connectivity index (χ0) is 15.6. The van der Waals surface area contributed by atoms with Crippen LogP contribution >= 0.6 is 15.9 Å². The number of nitrogens with two attached hydrogens (primary N) is 1. The Morgan fingerprint density at radius 2 is 2.14 bits per heavy atom. The van der Waals surface area contributed by atoms with E-state index in [1.54, 1.807) is 0 Å². The maximum absolute atomic E-state index is 12.6. The lowest BCUT2D eigenvalue weighted by Crippen LogP contribution is -2.26. The van der Waals surface area contributed by atoms with Gasteiger partial charge < -0.3 is 5.73 Å². The first kappa shape index (κ1) is 16.0. The van der Waals surface area contributed by atoms with E-state index in [0.717, 1.165) is 10.0 Å². The largest absolute Gasteiger partial charge is 0.381 e. The number of nitrogens with zero attached hydrogens (tertiary/aromatic N) is 3. The predicted molar refractivity (Wildman–Crippen MR) is 85.1 cm³/mol. The SMILES string of the molecule is CCn1cc(S(=O)(=O)N(C)Cc2cccc(Br)c2)c(N)n1. The molecule has 0 spiro atoms. The number of aryl methyl sites for hydroxylation is 1. The van der Waals surface area contributed by atoms with Crippen molar-refractivity contribution in [3.05, 3.63) is 40.5 Å². The highest BCUT2D eigenvalue weighted by molar-refractivity contribution is 9.10. The molecular weight excluding hydrogens is 356 g/mol. The molecular formula is C13H17BrN4O2S.